The zero-order valence-electron chi connectivity index (χ0n) is 15.9. The average Bonchev–Trinajstić information content (AvgIpc) is 3.12. The van der Waals surface area contributed by atoms with E-state index in [1.807, 2.05) is 0 Å². The van der Waals surface area contributed by atoms with Crippen LogP contribution < -0.4 is 5.32 Å². The Morgan fingerprint density at radius 1 is 1.18 bits per heavy atom. The zero-order valence-corrected chi connectivity index (χ0v) is 15.9. The van der Waals surface area contributed by atoms with Crippen LogP contribution in [0.2, 0.25) is 0 Å². The number of hydrogen-bond acceptors (Lipinski definition) is 4. The van der Waals surface area contributed by atoms with Crippen molar-refractivity contribution in [1.82, 2.24) is 15.1 Å². The quantitative estimate of drug-likeness (QED) is 0.765. The number of likely N-dealkylation sites (tertiary alicyclic amines) is 1. The first-order valence-electron chi connectivity index (χ1n) is 9.75. The molecule has 2 heterocycles. The molecule has 0 radical (unpaired) electrons. The van der Waals surface area contributed by atoms with Crippen molar-refractivity contribution in [3.05, 3.63) is 35.6 Å². The average molecular weight is 391 g/mol. The van der Waals surface area contributed by atoms with E-state index in [1.165, 1.54) is 11.0 Å². The van der Waals surface area contributed by atoms with E-state index in [2.05, 4.69) is 5.32 Å². The number of nitrogens with one attached hydrogen (secondary N) is 1. The third-order valence-corrected chi connectivity index (χ3v) is 5.31. The number of hydrogen-bond donors (Lipinski definition) is 1. The topological polar surface area (TPSA) is 79.0 Å². The first-order chi connectivity index (χ1) is 13.5. The number of nitrogens with zero attached hydrogens (tertiary/aromatic N) is 2. The van der Waals surface area contributed by atoms with Crippen molar-refractivity contribution in [2.24, 2.45) is 5.92 Å². The molecule has 0 bridgehead atoms. The van der Waals surface area contributed by atoms with E-state index in [-0.39, 0.29) is 36.1 Å². The number of amides is 3. The summed E-state index contributed by atoms with van der Waals surface area (Å²) >= 11 is 0. The molecule has 2 saturated heterocycles. The normalized spacial score (nSPS) is 17.5. The largest absolute Gasteiger partial charge is 0.448 e. The summed E-state index contributed by atoms with van der Waals surface area (Å²) in [4.78, 5) is 39.3. The number of benzene rings is 1. The molecule has 1 aromatic rings. The van der Waals surface area contributed by atoms with Gasteiger partial charge in [0, 0.05) is 38.5 Å². The number of ether oxygens (including phenoxy) is 1. The summed E-state index contributed by atoms with van der Waals surface area (Å²) in [5.41, 5.74) is 0.588. The van der Waals surface area contributed by atoms with Crippen LogP contribution in [0.4, 0.5) is 9.18 Å². The molecule has 0 saturated carbocycles. The molecule has 2 aliphatic rings. The van der Waals surface area contributed by atoms with Gasteiger partial charge in [0.05, 0.1) is 6.54 Å². The molecule has 8 heteroatoms. The Morgan fingerprint density at radius 2 is 1.93 bits per heavy atom. The van der Waals surface area contributed by atoms with Gasteiger partial charge in [-0.2, -0.15) is 0 Å². The van der Waals surface area contributed by atoms with E-state index in [9.17, 15) is 18.8 Å². The van der Waals surface area contributed by atoms with Crippen LogP contribution in [-0.2, 0) is 20.7 Å². The van der Waals surface area contributed by atoms with Gasteiger partial charge >= 0.3 is 6.09 Å². The third kappa shape index (κ3) is 5.21. The lowest BCUT2D eigenvalue weighted by Crippen LogP contribution is -2.44. The molecule has 3 amide bonds. The molecule has 1 aromatic carbocycles. The number of cyclic esters (lactones) is 1. The van der Waals surface area contributed by atoms with E-state index < -0.39 is 0 Å². The maximum atomic E-state index is 13.6. The highest BCUT2D eigenvalue weighted by atomic mass is 19.1. The van der Waals surface area contributed by atoms with Gasteiger partial charge in [0.15, 0.2) is 0 Å². The number of carbonyl (C=O) groups is 3. The number of rotatable bonds is 7. The molecule has 0 unspecified atom stereocenters. The fourth-order valence-corrected chi connectivity index (χ4v) is 3.57. The Balaban J connectivity index is 1.34. The molecule has 1 N–H and O–H groups in total. The molecule has 28 heavy (non-hydrogen) atoms. The number of halogens is 1. The van der Waals surface area contributed by atoms with Gasteiger partial charge in [-0.15, -0.1) is 0 Å². The monoisotopic (exact) mass is 391 g/mol. The zero-order chi connectivity index (χ0) is 19.9. The lowest BCUT2D eigenvalue weighted by molar-refractivity contribution is -0.135. The van der Waals surface area contributed by atoms with Crippen molar-refractivity contribution in [2.45, 2.75) is 25.7 Å². The van der Waals surface area contributed by atoms with Gasteiger partial charge in [0.1, 0.15) is 12.4 Å². The van der Waals surface area contributed by atoms with Gasteiger partial charge < -0.3 is 19.9 Å². The van der Waals surface area contributed by atoms with Crippen LogP contribution in [0.3, 0.4) is 0 Å². The van der Waals surface area contributed by atoms with Gasteiger partial charge in [-0.05, 0) is 30.9 Å². The smallest absolute Gasteiger partial charge is 0.409 e. The van der Waals surface area contributed by atoms with Crippen LogP contribution in [0.5, 0.6) is 0 Å². The second-order valence-electron chi connectivity index (χ2n) is 7.14. The summed E-state index contributed by atoms with van der Waals surface area (Å²) in [7, 11) is 0. The molecule has 0 atom stereocenters. The van der Waals surface area contributed by atoms with Gasteiger partial charge in [-0.25, -0.2) is 9.18 Å². The molecule has 152 valence electrons. The van der Waals surface area contributed by atoms with E-state index in [0.717, 1.165) is 0 Å². The predicted molar refractivity (Wildman–Crippen MR) is 100.0 cm³/mol. The first kappa shape index (κ1) is 20.1. The maximum absolute atomic E-state index is 13.6. The van der Waals surface area contributed by atoms with E-state index in [1.54, 1.807) is 23.1 Å². The summed E-state index contributed by atoms with van der Waals surface area (Å²) in [6.07, 6.45) is 1.59. The number of carbonyl (C=O) groups excluding carboxylic acids is 3. The number of piperidine rings is 1. The fourth-order valence-electron chi connectivity index (χ4n) is 3.57. The molecule has 0 aromatic heterocycles. The van der Waals surface area contributed by atoms with E-state index in [4.69, 9.17) is 4.74 Å². The lowest BCUT2D eigenvalue weighted by atomic mass is 9.95. The van der Waals surface area contributed by atoms with Gasteiger partial charge in [-0.3, -0.25) is 9.59 Å². The fraction of sp³-hybridized carbons (Fsp3) is 0.550. The van der Waals surface area contributed by atoms with Crippen LogP contribution in [0, 0.1) is 11.7 Å². The predicted octanol–water partition coefficient (Wildman–Crippen LogP) is 1.57. The highest BCUT2D eigenvalue weighted by Gasteiger charge is 2.28. The minimum absolute atomic E-state index is 0.00175. The Kier molecular flexibility index (Phi) is 6.84. The summed E-state index contributed by atoms with van der Waals surface area (Å²) in [6, 6.07) is 6.55. The standard InChI is InChI=1S/C20H26FN3O4/c21-17-4-2-1-3-15(17)5-9-22-19(26)16-6-10-23(11-7-16)18(25)8-12-24-13-14-28-20(24)27/h1-4,16H,5-14H2,(H,22,26). The van der Waals surface area contributed by atoms with Crippen molar-refractivity contribution in [3.8, 4) is 0 Å². The molecular weight excluding hydrogens is 365 g/mol. The summed E-state index contributed by atoms with van der Waals surface area (Å²) in [5.74, 6) is -0.426. The SMILES string of the molecule is O=C(NCCc1ccccc1F)C1CCN(C(=O)CCN2CCOC2=O)CC1. The summed E-state index contributed by atoms with van der Waals surface area (Å²) < 4.78 is 18.4. The van der Waals surface area contributed by atoms with Crippen LogP contribution in [0.25, 0.3) is 0 Å². The Hall–Kier alpha value is -2.64. The molecular formula is C20H26FN3O4. The van der Waals surface area contributed by atoms with E-state index >= 15 is 0 Å². The second-order valence-corrected chi connectivity index (χ2v) is 7.14. The summed E-state index contributed by atoms with van der Waals surface area (Å²) in [6.45, 7) is 2.74. The molecule has 2 fully saturated rings. The minimum Gasteiger partial charge on any atom is -0.448 e. The van der Waals surface area contributed by atoms with Gasteiger partial charge in [0.2, 0.25) is 11.8 Å². The van der Waals surface area contributed by atoms with Crippen LogP contribution in [0.15, 0.2) is 24.3 Å². The molecule has 0 aliphatic carbocycles. The molecule has 3 rings (SSSR count). The Labute approximate surface area is 163 Å². The Bertz CT molecular complexity index is 719. The molecule has 2 aliphatic heterocycles. The van der Waals surface area contributed by atoms with Gasteiger partial charge in [-0.1, -0.05) is 18.2 Å². The van der Waals surface area contributed by atoms with Crippen LogP contribution in [-0.4, -0.2) is 67.0 Å². The molecule has 7 nitrogen and oxygen atoms in total. The highest BCUT2D eigenvalue weighted by Crippen LogP contribution is 2.18. The van der Waals surface area contributed by atoms with Crippen LogP contribution in [0.1, 0.15) is 24.8 Å². The van der Waals surface area contributed by atoms with E-state index in [0.29, 0.717) is 64.2 Å². The van der Waals surface area contributed by atoms with Crippen molar-refractivity contribution in [1.29, 1.82) is 0 Å². The molecule has 0 spiro atoms. The lowest BCUT2D eigenvalue weighted by Gasteiger charge is -2.31. The summed E-state index contributed by atoms with van der Waals surface area (Å²) in [5, 5.41) is 2.87. The first-order valence-corrected chi connectivity index (χ1v) is 9.75. The van der Waals surface area contributed by atoms with Crippen molar-refractivity contribution in [2.75, 3.05) is 39.3 Å². The highest BCUT2D eigenvalue weighted by molar-refractivity contribution is 5.80. The second kappa shape index (κ2) is 9.52. The Morgan fingerprint density at radius 3 is 2.61 bits per heavy atom. The van der Waals surface area contributed by atoms with Crippen molar-refractivity contribution < 1.29 is 23.5 Å². The third-order valence-electron chi connectivity index (χ3n) is 5.31. The van der Waals surface area contributed by atoms with Crippen LogP contribution >= 0.6 is 0 Å². The van der Waals surface area contributed by atoms with Crippen molar-refractivity contribution >= 4 is 17.9 Å². The maximum Gasteiger partial charge on any atom is 0.409 e. The van der Waals surface area contributed by atoms with Gasteiger partial charge in [0.25, 0.3) is 0 Å². The minimum atomic E-state index is -0.362. The van der Waals surface area contributed by atoms with Crippen molar-refractivity contribution in [3.63, 3.8) is 0 Å².